The molecule has 7 heteroatoms. The van der Waals surface area contributed by atoms with E-state index in [1.54, 1.807) is 18.2 Å². The number of amides is 1. The van der Waals surface area contributed by atoms with Crippen molar-refractivity contribution in [1.82, 2.24) is 0 Å². The summed E-state index contributed by atoms with van der Waals surface area (Å²) < 4.78 is 5.12. The summed E-state index contributed by atoms with van der Waals surface area (Å²) in [6.45, 7) is 0.0803. The molecular formula is C14H14N2O4S. The molecule has 2 heterocycles. The SMILES string of the molecule is Nc1ccc2c(c1)NC(=O)CO2.O=C(O)Cc1cccs1. The third kappa shape index (κ3) is 4.50. The van der Waals surface area contributed by atoms with Gasteiger partial charge in [-0.1, -0.05) is 6.07 Å². The summed E-state index contributed by atoms with van der Waals surface area (Å²) >= 11 is 1.47. The maximum Gasteiger partial charge on any atom is 0.308 e. The van der Waals surface area contributed by atoms with E-state index >= 15 is 0 Å². The molecule has 0 atom stereocenters. The number of carboxylic acids is 1. The highest BCUT2D eigenvalue weighted by Crippen LogP contribution is 2.28. The van der Waals surface area contributed by atoms with Crippen molar-refractivity contribution in [3.63, 3.8) is 0 Å². The number of hydrogen-bond acceptors (Lipinski definition) is 5. The van der Waals surface area contributed by atoms with Gasteiger partial charge in [0.25, 0.3) is 5.91 Å². The van der Waals surface area contributed by atoms with Crippen LogP contribution in [0.1, 0.15) is 4.88 Å². The molecule has 0 fully saturated rings. The summed E-state index contributed by atoms with van der Waals surface area (Å²) in [5.41, 5.74) is 6.78. The van der Waals surface area contributed by atoms with Gasteiger partial charge in [0.05, 0.1) is 12.1 Å². The highest BCUT2D eigenvalue weighted by atomic mass is 32.1. The van der Waals surface area contributed by atoms with E-state index in [1.807, 2.05) is 17.5 Å². The van der Waals surface area contributed by atoms with Crippen LogP contribution in [0.3, 0.4) is 0 Å². The molecule has 21 heavy (non-hydrogen) atoms. The lowest BCUT2D eigenvalue weighted by Gasteiger charge is -2.17. The van der Waals surface area contributed by atoms with Crippen LogP contribution in [0.25, 0.3) is 0 Å². The molecule has 0 spiro atoms. The molecule has 0 saturated heterocycles. The van der Waals surface area contributed by atoms with Crippen molar-refractivity contribution in [2.24, 2.45) is 0 Å². The Labute approximate surface area is 125 Å². The van der Waals surface area contributed by atoms with Crippen LogP contribution in [-0.2, 0) is 16.0 Å². The van der Waals surface area contributed by atoms with Crippen LogP contribution in [0.5, 0.6) is 5.75 Å². The minimum Gasteiger partial charge on any atom is -0.482 e. The highest BCUT2D eigenvalue weighted by Gasteiger charge is 2.14. The van der Waals surface area contributed by atoms with Crippen LogP contribution in [0, 0.1) is 0 Å². The monoisotopic (exact) mass is 306 g/mol. The van der Waals surface area contributed by atoms with Crippen molar-refractivity contribution < 1.29 is 19.4 Å². The van der Waals surface area contributed by atoms with Gasteiger partial charge >= 0.3 is 5.97 Å². The van der Waals surface area contributed by atoms with Crippen LogP contribution >= 0.6 is 11.3 Å². The second-order valence-corrected chi connectivity index (χ2v) is 5.27. The normalized spacial score (nSPS) is 12.3. The fraction of sp³-hybridized carbons (Fsp3) is 0.143. The molecule has 1 aromatic heterocycles. The Kier molecular flexibility index (Phi) is 4.78. The summed E-state index contributed by atoms with van der Waals surface area (Å²) in [6.07, 6.45) is 0.150. The first-order valence-electron chi connectivity index (χ1n) is 6.11. The summed E-state index contributed by atoms with van der Waals surface area (Å²) in [5, 5.41) is 12.8. The highest BCUT2D eigenvalue weighted by molar-refractivity contribution is 7.10. The Bertz CT molecular complexity index is 640. The number of carboxylic acid groups (broad SMARTS) is 1. The molecule has 1 aliphatic heterocycles. The number of thiophene rings is 1. The number of nitrogens with one attached hydrogen (secondary N) is 1. The number of carbonyl (C=O) groups excluding carboxylic acids is 1. The van der Waals surface area contributed by atoms with Crippen molar-refractivity contribution in [2.75, 3.05) is 17.7 Å². The molecule has 6 nitrogen and oxygen atoms in total. The summed E-state index contributed by atoms with van der Waals surface area (Å²) in [4.78, 5) is 21.8. The molecule has 2 aromatic rings. The summed E-state index contributed by atoms with van der Waals surface area (Å²) in [7, 11) is 0. The van der Waals surface area contributed by atoms with Crippen LogP contribution in [0.15, 0.2) is 35.7 Å². The van der Waals surface area contributed by atoms with Crippen LogP contribution in [0.4, 0.5) is 11.4 Å². The molecule has 0 bridgehead atoms. The number of anilines is 2. The Morgan fingerprint density at radius 2 is 2.24 bits per heavy atom. The lowest BCUT2D eigenvalue weighted by Crippen LogP contribution is -2.25. The Morgan fingerprint density at radius 3 is 2.90 bits per heavy atom. The zero-order valence-electron chi connectivity index (χ0n) is 11.0. The van der Waals surface area contributed by atoms with E-state index in [2.05, 4.69) is 5.32 Å². The van der Waals surface area contributed by atoms with Gasteiger partial charge in [-0.05, 0) is 29.6 Å². The molecule has 1 amide bonds. The summed E-state index contributed by atoms with van der Waals surface area (Å²) in [6, 6.07) is 8.81. The Morgan fingerprint density at radius 1 is 1.43 bits per heavy atom. The molecule has 3 rings (SSSR count). The van der Waals surface area contributed by atoms with Gasteiger partial charge in [0.2, 0.25) is 0 Å². The lowest BCUT2D eigenvalue weighted by atomic mass is 10.2. The third-order valence-electron chi connectivity index (χ3n) is 2.54. The van der Waals surface area contributed by atoms with E-state index in [9.17, 15) is 9.59 Å². The third-order valence-corrected chi connectivity index (χ3v) is 3.42. The number of aliphatic carboxylic acids is 1. The van der Waals surface area contributed by atoms with E-state index in [-0.39, 0.29) is 18.9 Å². The van der Waals surface area contributed by atoms with Crippen molar-refractivity contribution in [3.05, 3.63) is 40.6 Å². The minimum absolute atomic E-state index is 0.0803. The predicted octanol–water partition coefficient (Wildman–Crippen LogP) is 1.97. The molecule has 110 valence electrons. The fourth-order valence-electron chi connectivity index (χ4n) is 1.66. The summed E-state index contributed by atoms with van der Waals surface area (Å²) in [5.74, 6) is -0.241. The van der Waals surface area contributed by atoms with Gasteiger partial charge in [0, 0.05) is 10.6 Å². The lowest BCUT2D eigenvalue weighted by molar-refractivity contribution is -0.136. The molecular weight excluding hydrogens is 292 g/mol. The molecule has 0 aliphatic carbocycles. The van der Waals surface area contributed by atoms with Gasteiger partial charge in [-0.3, -0.25) is 9.59 Å². The average molecular weight is 306 g/mol. The number of fused-ring (bicyclic) bond motifs is 1. The first-order chi connectivity index (χ1) is 10.0. The van der Waals surface area contributed by atoms with Gasteiger partial charge < -0.3 is 20.9 Å². The molecule has 1 aromatic carbocycles. The van der Waals surface area contributed by atoms with Gasteiger partial charge in [-0.25, -0.2) is 0 Å². The number of nitrogens with two attached hydrogens (primary N) is 1. The topological polar surface area (TPSA) is 102 Å². The van der Waals surface area contributed by atoms with E-state index in [1.165, 1.54) is 11.3 Å². The van der Waals surface area contributed by atoms with Crippen LogP contribution in [0.2, 0.25) is 0 Å². The van der Waals surface area contributed by atoms with Gasteiger partial charge in [-0.2, -0.15) is 0 Å². The Hall–Kier alpha value is -2.54. The smallest absolute Gasteiger partial charge is 0.308 e. The van der Waals surface area contributed by atoms with Crippen molar-refractivity contribution >= 4 is 34.6 Å². The minimum atomic E-state index is -0.766. The standard InChI is InChI=1S/C8H8N2O2.C6H6O2S/c9-5-1-2-7-6(3-5)10-8(11)4-12-7;7-6(8)4-5-2-1-3-9-5/h1-3H,4,9H2,(H,10,11);1-3H,4H2,(H,7,8). The molecule has 0 saturated carbocycles. The van der Waals surface area contributed by atoms with Gasteiger partial charge in [-0.15, -0.1) is 11.3 Å². The van der Waals surface area contributed by atoms with E-state index in [0.29, 0.717) is 17.1 Å². The fourth-order valence-corrected chi connectivity index (χ4v) is 2.36. The van der Waals surface area contributed by atoms with E-state index in [0.717, 1.165) is 4.88 Å². The van der Waals surface area contributed by atoms with Crippen molar-refractivity contribution in [3.8, 4) is 5.75 Å². The molecule has 4 N–H and O–H groups in total. The van der Waals surface area contributed by atoms with Gasteiger partial charge in [0.1, 0.15) is 5.75 Å². The number of nitrogen functional groups attached to an aromatic ring is 1. The zero-order chi connectivity index (χ0) is 15.2. The van der Waals surface area contributed by atoms with Crippen molar-refractivity contribution in [1.29, 1.82) is 0 Å². The number of ether oxygens (including phenoxy) is 1. The first-order valence-corrected chi connectivity index (χ1v) is 6.99. The van der Waals surface area contributed by atoms with E-state index < -0.39 is 5.97 Å². The maximum absolute atomic E-state index is 10.9. The average Bonchev–Trinajstić information content (AvgIpc) is 2.91. The second kappa shape index (κ2) is 6.76. The number of benzene rings is 1. The van der Waals surface area contributed by atoms with E-state index in [4.69, 9.17) is 15.6 Å². The number of hydrogen-bond donors (Lipinski definition) is 3. The maximum atomic E-state index is 10.9. The van der Waals surface area contributed by atoms with Gasteiger partial charge in [0.15, 0.2) is 6.61 Å². The quantitative estimate of drug-likeness (QED) is 0.736. The molecule has 0 radical (unpaired) electrons. The molecule has 1 aliphatic rings. The number of rotatable bonds is 2. The largest absolute Gasteiger partial charge is 0.482 e. The zero-order valence-corrected chi connectivity index (χ0v) is 11.9. The molecule has 0 unspecified atom stereocenters. The van der Waals surface area contributed by atoms with Crippen LogP contribution < -0.4 is 15.8 Å². The Balaban J connectivity index is 0.000000161. The first kappa shape index (κ1) is 14.9. The predicted molar refractivity (Wildman–Crippen MR) is 80.6 cm³/mol. The van der Waals surface area contributed by atoms with Crippen molar-refractivity contribution in [2.45, 2.75) is 6.42 Å². The second-order valence-electron chi connectivity index (χ2n) is 4.24. The van der Waals surface area contributed by atoms with Crippen LogP contribution in [-0.4, -0.2) is 23.6 Å². The number of carbonyl (C=O) groups is 2.